The Kier molecular flexibility index (Phi) is 3.57. The highest BCUT2D eigenvalue weighted by atomic mass is 79.9. The van der Waals surface area contributed by atoms with Gasteiger partial charge in [0, 0.05) is 16.4 Å². The molecule has 0 bridgehead atoms. The highest BCUT2D eigenvalue weighted by Crippen LogP contribution is 2.24. The molecule has 1 aromatic heterocycles. The van der Waals surface area contributed by atoms with E-state index in [1.807, 2.05) is 6.07 Å². The number of hydrazone groups is 1. The zero-order valence-electron chi connectivity index (χ0n) is 9.85. The molecule has 4 nitrogen and oxygen atoms in total. The van der Waals surface area contributed by atoms with Gasteiger partial charge in [0.25, 0.3) is 5.91 Å². The van der Waals surface area contributed by atoms with E-state index in [1.165, 1.54) is 5.01 Å². The maximum absolute atomic E-state index is 11.8. The molecule has 0 radical (unpaired) electrons. The lowest BCUT2D eigenvalue weighted by Gasteiger charge is -2.10. The molecule has 5 heteroatoms. The fourth-order valence-electron chi connectivity index (χ4n) is 1.78. The molecular formula is C12H14BrN3O. The molecule has 0 N–H and O–H groups in total. The van der Waals surface area contributed by atoms with E-state index in [4.69, 9.17) is 0 Å². The monoisotopic (exact) mass is 295 g/mol. The predicted molar refractivity (Wildman–Crippen MR) is 70.9 cm³/mol. The van der Waals surface area contributed by atoms with Crippen LogP contribution in [-0.2, 0) is 4.79 Å². The van der Waals surface area contributed by atoms with E-state index < -0.39 is 0 Å². The zero-order chi connectivity index (χ0) is 12.4. The third kappa shape index (κ3) is 2.91. The van der Waals surface area contributed by atoms with E-state index in [2.05, 4.69) is 39.9 Å². The number of carbonyl (C=O) groups is 1. The third-order valence-corrected chi connectivity index (χ3v) is 2.85. The van der Waals surface area contributed by atoms with Crippen LogP contribution in [-0.4, -0.2) is 16.6 Å². The summed E-state index contributed by atoms with van der Waals surface area (Å²) in [5.74, 6) is 0.530. The molecule has 1 aliphatic heterocycles. The van der Waals surface area contributed by atoms with Crippen LogP contribution in [0.2, 0.25) is 0 Å². The number of hydrogen-bond acceptors (Lipinski definition) is 3. The minimum Gasteiger partial charge on any atom is -0.272 e. The van der Waals surface area contributed by atoms with E-state index in [9.17, 15) is 4.79 Å². The smallest absolute Gasteiger partial charge is 0.253 e. The van der Waals surface area contributed by atoms with Crippen LogP contribution in [0.25, 0.3) is 0 Å². The first-order valence-electron chi connectivity index (χ1n) is 5.56. The number of carbonyl (C=O) groups excluding carboxylic acids is 1. The molecule has 1 aliphatic rings. The van der Waals surface area contributed by atoms with Gasteiger partial charge in [0.1, 0.15) is 0 Å². The summed E-state index contributed by atoms with van der Waals surface area (Å²) >= 11 is 3.34. The SMILES string of the molecule is CC(C)CC1=NN(c2cncc(Br)c2)C(=O)C1. The van der Waals surface area contributed by atoms with Crippen LogP contribution >= 0.6 is 15.9 Å². The molecule has 0 unspecified atom stereocenters. The number of amides is 1. The number of hydrogen-bond donors (Lipinski definition) is 0. The minimum absolute atomic E-state index is 0.0144. The molecule has 0 atom stereocenters. The second-order valence-corrected chi connectivity index (χ2v) is 5.42. The molecule has 2 heterocycles. The first-order chi connectivity index (χ1) is 8.06. The number of rotatable bonds is 3. The Hall–Kier alpha value is -1.23. The summed E-state index contributed by atoms with van der Waals surface area (Å²) in [6.45, 7) is 4.24. The maximum Gasteiger partial charge on any atom is 0.253 e. The van der Waals surface area contributed by atoms with Gasteiger partial charge >= 0.3 is 0 Å². The topological polar surface area (TPSA) is 45.6 Å². The Balaban J connectivity index is 2.21. The Morgan fingerprint density at radius 2 is 2.24 bits per heavy atom. The summed E-state index contributed by atoms with van der Waals surface area (Å²) in [5.41, 5.74) is 1.66. The van der Waals surface area contributed by atoms with Gasteiger partial charge in [0.2, 0.25) is 0 Å². The summed E-state index contributed by atoms with van der Waals surface area (Å²) in [6, 6.07) is 1.84. The molecule has 0 fully saturated rings. The largest absolute Gasteiger partial charge is 0.272 e. The van der Waals surface area contributed by atoms with E-state index in [0.29, 0.717) is 18.0 Å². The normalized spacial score (nSPS) is 15.6. The minimum atomic E-state index is 0.0144. The van der Waals surface area contributed by atoms with Gasteiger partial charge in [-0.2, -0.15) is 10.1 Å². The van der Waals surface area contributed by atoms with Crippen molar-refractivity contribution in [2.24, 2.45) is 11.0 Å². The summed E-state index contributed by atoms with van der Waals surface area (Å²) in [7, 11) is 0. The molecule has 17 heavy (non-hydrogen) atoms. The quantitative estimate of drug-likeness (QED) is 0.860. The van der Waals surface area contributed by atoms with Crippen molar-refractivity contribution in [1.29, 1.82) is 0 Å². The van der Waals surface area contributed by atoms with Crippen LogP contribution in [0.5, 0.6) is 0 Å². The molecule has 0 spiro atoms. The molecule has 0 saturated carbocycles. The van der Waals surface area contributed by atoms with Crippen LogP contribution in [0.3, 0.4) is 0 Å². The second-order valence-electron chi connectivity index (χ2n) is 4.51. The van der Waals surface area contributed by atoms with Gasteiger partial charge < -0.3 is 0 Å². The van der Waals surface area contributed by atoms with Gasteiger partial charge in [0.05, 0.1) is 18.3 Å². The van der Waals surface area contributed by atoms with E-state index in [-0.39, 0.29) is 5.91 Å². The molecule has 1 amide bonds. The third-order valence-electron chi connectivity index (χ3n) is 2.41. The first-order valence-corrected chi connectivity index (χ1v) is 6.35. The molecule has 1 aromatic rings. The average molecular weight is 296 g/mol. The number of halogens is 1. The Labute approximate surface area is 109 Å². The number of anilines is 1. The molecule has 90 valence electrons. The lowest BCUT2D eigenvalue weighted by Crippen LogP contribution is -2.19. The fraction of sp³-hybridized carbons (Fsp3) is 0.417. The van der Waals surface area contributed by atoms with Crippen molar-refractivity contribution in [3.63, 3.8) is 0 Å². The number of nitrogens with zero attached hydrogens (tertiary/aromatic N) is 3. The second kappa shape index (κ2) is 4.96. The number of aromatic nitrogens is 1. The van der Waals surface area contributed by atoms with E-state index >= 15 is 0 Å². The van der Waals surface area contributed by atoms with Crippen molar-refractivity contribution in [2.45, 2.75) is 26.7 Å². The molecule has 2 rings (SSSR count). The summed E-state index contributed by atoms with van der Waals surface area (Å²) < 4.78 is 0.843. The van der Waals surface area contributed by atoms with Crippen LogP contribution in [0.15, 0.2) is 28.0 Å². The van der Waals surface area contributed by atoms with Crippen molar-refractivity contribution >= 4 is 33.2 Å². The number of pyridine rings is 1. The van der Waals surface area contributed by atoms with Gasteiger partial charge in [-0.05, 0) is 34.3 Å². The van der Waals surface area contributed by atoms with Crippen LogP contribution in [0.4, 0.5) is 5.69 Å². The first kappa shape index (κ1) is 12.2. The summed E-state index contributed by atoms with van der Waals surface area (Å²) in [5, 5.41) is 5.80. The van der Waals surface area contributed by atoms with Gasteiger partial charge in [0.15, 0.2) is 0 Å². The van der Waals surface area contributed by atoms with E-state index in [1.54, 1.807) is 12.4 Å². The Morgan fingerprint density at radius 3 is 2.88 bits per heavy atom. The van der Waals surface area contributed by atoms with Crippen molar-refractivity contribution in [3.8, 4) is 0 Å². The van der Waals surface area contributed by atoms with Gasteiger partial charge in [-0.25, -0.2) is 0 Å². The maximum atomic E-state index is 11.8. The van der Waals surface area contributed by atoms with Gasteiger partial charge in [-0.3, -0.25) is 9.78 Å². The van der Waals surface area contributed by atoms with Crippen LogP contribution in [0.1, 0.15) is 26.7 Å². The lowest BCUT2D eigenvalue weighted by molar-refractivity contribution is -0.116. The zero-order valence-corrected chi connectivity index (χ0v) is 11.4. The molecule has 0 saturated heterocycles. The van der Waals surface area contributed by atoms with Crippen molar-refractivity contribution in [1.82, 2.24) is 4.98 Å². The standard InChI is InChI=1S/C12H14BrN3O/c1-8(2)3-10-5-12(17)16(15-10)11-4-9(13)6-14-7-11/h4,6-8H,3,5H2,1-2H3. The predicted octanol–water partition coefficient (Wildman–Crippen LogP) is 2.98. The fourth-order valence-corrected chi connectivity index (χ4v) is 2.14. The van der Waals surface area contributed by atoms with E-state index in [0.717, 1.165) is 16.6 Å². The van der Waals surface area contributed by atoms with Crippen LogP contribution in [0, 0.1) is 5.92 Å². The highest BCUT2D eigenvalue weighted by molar-refractivity contribution is 9.10. The van der Waals surface area contributed by atoms with Crippen molar-refractivity contribution in [3.05, 3.63) is 22.9 Å². The Morgan fingerprint density at radius 1 is 1.47 bits per heavy atom. The summed E-state index contributed by atoms with van der Waals surface area (Å²) in [4.78, 5) is 15.9. The lowest BCUT2D eigenvalue weighted by atomic mass is 10.1. The summed E-state index contributed by atoms with van der Waals surface area (Å²) in [6.07, 6.45) is 4.61. The van der Waals surface area contributed by atoms with Gasteiger partial charge in [-0.15, -0.1) is 0 Å². The Bertz CT molecular complexity index is 471. The van der Waals surface area contributed by atoms with Crippen LogP contribution < -0.4 is 5.01 Å². The molecular weight excluding hydrogens is 282 g/mol. The average Bonchev–Trinajstić information content (AvgIpc) is 2.58. The highest BCUT2D eigenvalue weighted by Gasteiger charge is 2.25. The van der Waals surface area contributed by atoms with Crippen molar-refractivity contribution < 1.29 is 4.79 Å². The molecule has 0 aliphatic carbocycles. The molecule has 0 aromatic carbocycles. The van der Waals surface area contributed by atoms with Gasteiger partial charge in [-0.1, -0.05) is 13.8 Å². The van der Waals surface area contributed by atoms with Crippen molar-refractivity contribution in [2.75, 3.05) is 5.01 Å².